The topological polar surface area (TPSA) is 78.2 Å². The first-order chi connectivity index (χ1) is 11.7. The number of ether oxygens (including phenoxy) is 3. The number of benzene rings is 1. The minimum absolute atomic E-state index is 0.119. The fourth-order valence-electron chi connectivity index (χ4n) is 2.54. The lowest BCUT2D eigenvalue weighted by Gasteiger charge is -2.25. The summed E-state index contributed by atoms with van der Waals surface area (Å²) in [5.74, 6) is -0.851. The van der Waals surface area contributed by atoms with Crippen LogP contribution in [0, 0.1) is 0 Å². The minimum Gasteiger partial charge on any atom is -0.465 e. The molecule has 1 fully saturated rings. The molecule has 0 bridgehead atoms. The Morgan fingerprint density at radius 1 is 1.17 bits per heavy atom. The van der Waals surface area contributed by atoms with Gasteiger partial charge in [-0.05, 0) is 18.2 Å². The molecule has 7 heteroatoms. The highest BCUT2D eigenvalue weighted by molar-refractivity contribution is 5.96. The lowest BCUT2D eigenvalue weighted by Crippen LogP contribution is -2.38. The normalized spacial score (nSPS) is 15.4. The third-order valence-corrected chi connectivity index (χ3v) is 3.89. The Hall–Kier alpha value is -2.38. The van der Waals surface area contributed by atoms with Crippen LogP contribution in [0.5, 0.6) is 0 Å². The summed E-state index contributed by atoms with van der Waals surface area (Å²) in [7, 11) is 1.31. The van der Waals surface area contributed by atoms with Crippen LogP contribution in [-0.2, 0) is 14.2 Å². The first kappa shape index (κ1) is 16.5. The zero-order chi connectivity index (χ0) is 16.9. The van der Waals surface area contributed by atoms with Crippen LogP contribution >= 0.6 is 0 Å². The van der Waals surface area contributed by atoms with Gasteiger partial charge in [0.05, 0.1) is 25.9 Å². The second-order valence-electron chi connectivity index (χ2n) is 5.44. The molecule has 2 aromatic rings. The zero-order valence-corrected chi connectivity index (χ0v) is 13.4. The Morgan fingerprint density at radius 2 is 1.96 bits per heavy atom. The van der Waals surface area contributed by atoms with E-state index in [0.717, 1.165) is 18.5 Å². The third kappa shape index (κ3) is 3.74. The summed E-state index contributed by atoms with van der Waals surface area (Å²) < 4.78 is 20.7. The number of fused-ring (bicyclic) bond motifs is 1. The highest BCUT2D eigenvalue weighted by Crippen LogP contribution is 2.21. The number of esters is 2. The average molecular weight is 333 g/mol. The van der Waals surface area contributed by atoms with Gasteiger partial charge in [-0.1, -0.05) is 6.07 Å². The summed E-state index contributed by atoms with van der Waals surface area (Å²) in [6.07, 6.45) is 0. The summed E-state index contributed by atoms with van der Waals surface area (Å²) >= 11 is 0. The van der Waals surface area contributed by atoms with E-state index in [1.807, 2.05) is 0 Å². The molecule has 0 saturated carbocycles. The predicted molar refractivity (Wildman–Crippen MR) is 85.1 cm³/mol. The van der Waals surface area contributed by atoms with Crippen LogP contribution < -0.4 is 0 Å². The molecule has 0 atom stereocenters. The predicted octanol–water partition coefficient (Wildman–Crippen LogP) is 1.71. The summed E-state index contributed by atoms with van der Waals surface area (Å²) in [5, 5.41) is 0.725. The fourth-order valence-corrected chi connectivity index (χ4v) is 2.54. The molecule has 0 radical (unpaired) electrons. The number of nitrogens with zero attached hydrogens (tertiary/aromatic N) is 1. The molecule has 1 aliphatic heterocycles. The van der Waals surface area contributed by atoms with E-state index in [2.05, 4.69) is 9.64 Å². The Labute approximate surface area is 139 Å². The molecular weight excluding hydrogens is 314 g/mol. The Morgan fingerprint density at radius 3 is 2.71 bits per heavy atom. The standard InChI is InChI=1S/C17H19NO6/c1-21-16(19)13-3-2-12-10-15(24-14(12)11-13)17(20)23-9-6-18-4-7-22-8-5-18/h2-3,10-11H,4-9H2,1H3. The number of hydrogen-bond acceptors (Lipinski definition) is 7. The molecule has 0 amide bonds. The maximum atomic E-state index is 12.1. The van der Waals surface area contributed by atoms with Gasteiger partial charge in [-0.25, -0.2) is 9.59 Å². The fraction of sp³-hybridized carbons (Fsp3) is 0.412. The van der Waals surface area contributed by atoms with Crippen molar-refractivity contribution in [3.8, 4) is 0 Å². The van der Waals surface area contributed by atoms with Gasteiger partial charge < -0.3 is 18.6 Å². The van der Waals surface area contributed by atoms with Gasteiger partial charge in [0.15, 0.2) is 0 Å². The van der Waals surface area contributed by atoms with E-state index < -0.39 is 11.9 Å². The maximum absolute atomic E-state index is 12.1. The largest absolute Gasteiger partial charge is 0.465 e. The van der Waals surface area contributed by atoms with Gasteiger partial charge in [0.2, 0.25) is 5.76 Å². The van der Waals surface area contributed by atoms with Gasteiger partial charge in [-0.15, -0.1) is 0 Å². The van der Waals surface area contributed by atoms with Crippen molar-refractivity contribution in [1.29, 1.82) is 0 Å². The van der Waals surface area contributed by atoms with Crippen molar-refractivity contribution in [2.75, 3.05) is 46.6 Å². The highest BCUT2D eigenvalue weighted by atomic mass is 16.5. The number of morpholine rings is 1. The van der Waals surface area contributed by atoms with E-state index in [-0.39, 0.29) is 5.76 Å². The molecule has 0 unspecified atom stereocenters. The second-order valence-corrected chi connectivity index (χ2v) is 5.44. The van der Waals surface area contributed by atoms with Gasteiger partial charge in [0.25, 0.3) is 0 Å². The van der Waals surface area contributed by atoms with E-state index in [1.165, 1.54) is 7.11 Å². The number of carbonyl (C=O) groups is 2. The van der Waals surface area contributed by atoms with E-state index in [1.54, 1.807) is 24.3 Å². The minimum atomic E-state index is -0.515. The lowest BCUT2D eigenvalue weighted by atomic mass is 10.2. The summed E-state index contributed by atoms with van der Waals surface area (Å²) in [6, 6.07) is 6.48. The first-order valence-electron chi connectivity index (χ1n) is 7.76. The van der Waals surface area contributed by atoms with E-state index in [4.69, 9.17) is 13.9 Å². The molecule has 128 valence electrons. The van der Waals surface area contributed by atoms with Gasteiger partial charge in [-0.2, -0.15) is 0 Å². The van der Waals surface area contributed by atoms with Crippen LogP contribution in [-0.4, -0.2) is 63.4 Å². The quantitative estimate of drug-likeness (QED) is 0.771. The van der Waals surface area contributed by atoms with Crippen molar-refractivity contribution >= 4 is 22.9 Å². The summed E-state index contributed by atoms with van der Waals surface area (Å²) in [5.41, 5.74) is 0.810. The Bertz CT molecular complexity index is 732. The van der Waals surface area contributed by atoms with Crippen molar-refractivity contribution in [2.45, 2.75) is 0 Å². The zero-order valence-electron chi connectivity index (χ0n) is 13.4. The second kappa shape index (κ2) is 7.46. The first-order valence-corrected chi connectivity index (χ1v) is 7.76. The van der Waals surface area contributed by atoms with Crippen LogP contribution in [0.2, 0.25) is 0 Å². The van der Waals surface area contributed by atoms with Gasteiger partial charge in [0, 0.05) is 25.0 Å². The molecule has 1 aromatic heterocycles. The smallest absolute Gasteiger partial charge is 0.374 e. The third-order valence-electron chi connectivity index (χ3n) is 3.89. The summed E-state index contributed by atoms with van der Waals surface area (Å²) in [4.78, 5) is 25.8. The molecule has 24 heavy (non-hydrogen) atoms. The van der Waals surface area contributed by atoms with Crippen LogP contribution in [0.1, 0.15) is 20.9 Å². The number of rotatable bonds is 5. The van der Waals surface area contributed by atoms with Crippen molar-refractivity contribution in [1.82, 2.24) is 4.90 Å². The lowest BCUT2D eigenvalue weighted by molar-refractivity contribution is 0.0183. The molecule has 0 N–H and O–H groups in total. The Kier molecular flexibility index (Phi) is 5.12. The molecule has 1 saturated heterocycles. The van der Waals surface area contributed by atoms with Crippen molar-refractivity contribution in [2.24, 2.45) is 0 Å². The van der Waals surface area contributed by atoms with Crippen LogP contribution in [0.3, 0.4) is 0 Å². The number of methoxy groups -OCH3 is 1. The molecule has 1 aromatic carbocycles. The van der Waals surface area contributed by atoms with Crippen molar-refractivity contribution in [3.63, 3.8) is 0 Å². The number of carbonyl (C=O) groups excluding carboxylic acids is 2. The molecule has 0 spiro atoms. The number of furan rings is 1. The molecular formula is C17H19NO6. The molecule has 0 aliphatic carbocycles. The van der Waals surface area contributed by atoms with Crippen LogP contribution in [0.15, 0.2) is 28.7 Å². The molecule has 1 aliphatic rings. The van der Waals surface area contributed by atoms with Gasteiger partial charge in [0.1, 0.15) is 12.2 Å². The monoisotopic (exact) mass is 333 g/mol. The average Bonchev–Trinajstić information content (AvgIpc) is 3.05. The Balaban J connectivity index is 1.61. The maximum Gasteiger partial charge on any atom is 0.374 e. The highest BCUT2D eigenvalue weighted by Gasteiger charge is 2.16. The van der Waals surface area contributed by atoms with E-state index in [9.17, 15) is 9.59 Å². The molecule has 7 nitrogen and oxygen atoms in total. The van der Waals surface area contributed by atoms with Crippen molar-refractivity contribution < 1.29 is 28.2 Å². The summed E-state index contributed by atoms with van der Waals surface area (Å²) in [6.45, 7) is 4.07. The van der Waals surface area contributed by atoms with Crippen LogP contribution in [0.4, 0.5) is 0 Å². The molecule has 3 rings (SSSR count). The molecule has 2 heterocycles. The van der Waals surface area contributed by atoms with E-state index in [0.29, 0.717) is 37.5 Å². The van der Waals surface area contributed by atoms with Gasteiger partial charge >= 0.3 is 11.9 Å². The van der Waals surface area contributed by atoms with E-state index >= 15 is 0 Å². The SMILES string of the molecule is COC(=O)c1ccc2cc(C(=O)OCCN3CCOCC3)oc2c1. The van der Waals surface area contributed by atoms with Crippen molar-refractivity contribution in [3.05, 3.63) is 35.6 Å². The number of hydrogen-bond donors (Lipinski definition) is 0. The van der Waals surface area contributed by atoms with Gasteiger partial charge in [-0.3, -0.25) is 4.90 Å². The van der Waals surface area contributed by atoms with Crippen LogP contribution in [0.25, 0.3) is 11.0 Å².